The number of nitrogens with zero attached hydrogens (tertiary/aromatic N) is 3. The van der Waals surface area contributed by atoms with E-state index in [0.717, 1.165) is 36.5 Å². The summed E-state index contributed by atoms with van der Waals surface area (Å²) in [5, 5.41) is 11.5. The summed E-state index contributed by atoms with van der Waals surface area (Å²) in [4.78, 5) is 28.7. The summed E-state index contributed by atoms with van der Waals surface area (Å²) in [5.74, 6) is -0.449. The zero-order valence-electron chi connectivity index (χ0n) is 17.5. The highest BCUT2D eigenvalue weighted by molar-refractivity contribution is 8.01. The third-order valence-corrected chi connectivity index (χ3v) is 7.88. The number of thioether (sulfide) groups is 1. The Balaban J connectivity index is 1.49. The summed E-state index contributed by atoms with van der Waals surface area (Å²) in [5.41, 5.74) is 8.31. The number of nitrogens with one attached hydrogen (secondary N) is 1. The number of amides is 1. The predicted octanol–water partition coefficient (Wildman–Crippen LogP) is 3.65. The number of benzene rings is 1. The molecule has 8 nitrogen and oxygen atoms in total. The summed E-state index contributed by atoms with van der Waals surface area (Å²) in [6, 6.07) is 10.3. The molecule has 3 aromatic rings. The number of nitrogens with two attached hydrogens (primary N) is 1. The highest BCUT2D eigenvalue weighted by atomic mass is 32.2. The average molecular weight is 490 g/mol. The Hall–Kier alpha value is -2.47. The molecule has 11 heteroatoms. The number of hydrogen-bond acceptors (Lipinski definition) is 10. The number of ether oxygens (including phenoxy) is 1. The van der Waals surface area contributed by atoms with Crippen LogP contribution in [0.5, 0.6) is 0 Å². The number of thiophene rings is 1. The Morgan fingerprint density at radius 3 is 2.78 bits per heavy atom. The quantitative estimate of drug-likeness (QED) is 0.364. The van der Waals surface area contributed by atoms with Crippen molar-refractivity contribution in [2.75, 3.05) is 30.0 Å². The van der Waals surface area contributed by atoms with Gasteiger partial charge in [0.05, 0.1) is 17.9 Å². The standard InChI is InChI=1S/C21H23N5O3S3/c1-2-29-19(28)17-14-8-9-26(10-13-6-4-3-5-7-13)11-15(14)31-18(17)23-16(27)12-30-21-25-24-20(22)32-21/h3-7H,2,8-12H2,1H3,(H2,22,24)(H,23,27). The Morgan fingerprint density at radius 1 is 1.25 bits per heavy atom. The molecule has 0 radical (unpaired) electrons. The molecule has 0 fully saturated rings. The van der Waals surface area contributed by atoms with Gasteiger partial charge in [-0.2, -0.15) is 0 Å². The lowest BCUT2D eigenvalue weighted by molar-refractivity contribution is -0.113. The highest BCUT2D eigenvalue weighted by Crippen LogP contribution is 2.38. The molecule has 32 heavy (non-hydrogen) atoms. The van der Waals surface area contributed by atoms with Crippen molar-refractivity contribution < 1.29 is 14.3 Å². The third-order valence-electron chi connectivity index (χ3n) is 4.87. The van der Waals surface area contributed by atoms with Crippen molar-refractivity contribution in [2.24, 2.45) is 0 Å². The summed E-state index contributed by atoms with van der Waals surface area (Å²) >= 11 is 3.95. The fourth-order valence-corrected chi connectivity index (χ4v) is 6.24. The third kappa shape index (κ3) is 5.47. The van der Waals surface area contributed by atoms with Crippen LogP contribution in [0.1, 0.15) is 33.3 Å². The van der Waals surface area contributed by atoms with Crippen LogP contribution in [-0.4, -0.2) is 45.9 Å². The minimum absolute atomic E-state index is 0.152. The van der Waals surface area contributed by atoms with Gasteiger partial charge in [-0.05, 0) is 24.5 Å². The number of carbonyl (C=O) groups excluding carboxylic acids is 2. The Labute approximate surface area is 198 Å². The molecular weight excluding hydrogens is 466 g/mol. The van der Waals surface area contributed by atoms with Crippen LogP contribution in [0.25, 0.3) is 0 Å². The van der Waals surface area contributed by atoms with E-state index >= 15 is 0 Å². The van der Waals surface area contributed by atoms with Gasteiger partial charge in [0, 0.05) is 24.5 Å². The lowest BCUT2D eigenvalue weighted by Gasteiger charge is -2.27. The van der Waals surface area contributed by atoms with Gasteiger partial charge in [0.2, 0.25) is 11.0 Å². The summed E-state index contributed by atoms with van der Waals surface area (Å²) in [7, 11) is 0. The summed E-state index contributed by atoms with van der Waals surface area (Å²) < 4.78 is 5.93. The number of rotatable bonds is 8. The van der Waals surface area contributed by atoms with E-state index in [2.05, 4.69) is 32.5 Å². The van der Waals surface area contributed by atoms with Crippen molar-refractivity contribution in [3.05, 3.63) is 51.9 Å². The molecule has 0 spiro atoms. The molecule has 1 amide bonds. The SMILES string of the molecule is CCOC(=O)c1c(NC(=O)CSc2nnc(N)s2)sc2c1CCN(Cc1ccccc1)C2. The van der Waals surface area contributed by atoms with E-state index in [4.69, 9.17) is 10.5 Å². The van der Waals surface area contributed by atoms with Crippen LogP contribution in [-0.2, 0) is 29.0 Å². The van der Waals surface area contributed by atoms with Gasteiger partial charge >= 0.3 is 5.97 Å². The van der Waals surface area contributed by atoms with E-state index in [1.807, 2.05) is 18.2 Å². The molecule has 0 saturated heterocycles. The molecule has 0 aliphatic carbocycles. The van der Waals surface area contributed by atoms with E-state index in [-0.39, 0.29) is 24.2 Å². The lowest BCUT2D eigenvalue weighted by atomic mass is 10.0. The first-order chi connectivity index (χ1) is 15.5. The van der Waals surface area contributed by atoms with Gasteiger partial charge in [-0.15, -0.1) is 21.5 Å². The van der Waals surface area contributed by atoms with Gasteiger partial charge < -0.3 is 15.8 Å². The predicted molar refractivity (Wildman–Crippen MR) is 128 cm³/mol. The number of hydrogen-bond donors (Lipinski definition) is 2. The largest absolute Gasteiger partial charge is 0.462 e. The van der Waals surface area contributed by atoms with Crippen molar-refractivity contribution in [2.45, 2.75) is 30.8 Å². The molecule has 0 atom stereocenters. The van der Waals surface area contributed by atoms with Crippen molar-refractivity contribution in [1.82, 2.24) is 15.1 Å². The van der Waals surface area contributed by atoms with Gasteiger partial charge in [0.1, 0.15) is 5.00 Å². The van der Waals surface area contributed by atoms with Crippen molar-refractivity contribution >= 4 is 56.4 Å². The van der Waals surface area contributed by atoms with Crippen LogP contribution in [0.3, 0.4) is 0 Å². The fourth-order valence-electron chi connectivity index (χ4n) is 3.51. The van der Waals surface area contributed by atoms with Crippen molar-refractivity contribution in [3.63, 3.8) is 0 Å². The maximum Gasteiger partial charge on any atom is 0.341 e. The smallest absolute Gasteiger partial charge is 0.341 e. The van der Waals surface area contributed by atoms with Crippen LogP contribution >= 0.6 is 34.4 Å². The average Bonchev–Trinajstić information content (AvgIpc) is 3.35. The first kappa shape index (κ1) is 22.7. The lowest BCUT2D eigenvalue weighted by Crippen LogP contribution is -2.30. The zero-order valence-corrected chi connectivity index (χ0v) is 19.9. The molecule has 0 bridgehead atoms. The van der Waals surface area contributed by atoms with Crippen LogP contribution in [0.15, 0.2) is 34.7 Å². The van der Waals surface area contributed by atoms with Gasteiger partial charge in [-0.1, -0.05) is 53.4 Å². The Bertz CT molecular complexity index is 1100. The van der Waals surface area contributed by atoms with Gasteiger partial charge in [-0.3, -0.25) is 9.69 Å². The second-order valence-corrected chi connectivity index (χ2v) is 10.5. The molecule has 4 rings (SSSR count). The Kier molecular flexibility index (Phi) is 7.40. The number of esters is 1. The van der Waals surface area contributed by atoms with Gasteiger partial charge in [0.25, 0.3) is 0 Å². The molecule has 3 heterocycles. The van der Waals surface area contributed by atoms with E-state index in [1.54, 1.807) is 6.92 Å². The van der Waals surface area contributed by atoms with Crippen LogP contribution in [0.4, 0.5) is 10.1 Å². The highest BCUT2D eigenvalue weighted by Gasteiger charge is 2.29. The van der Waals surface area contributed by atoms with Crippen molar-refractivity contribution in [1.29, 1.82) is 0 Å². The van der Waals surface area contributed by atoms with Crippen LogP contribution in [0.2, 0.25) is 0 Å². The number of fused-ring (bicyclic) bond motifs is 1. The molecule has 1 aliphatic heterocycles. The fraction of sp³-hybridized carbons (Fsp3) is 0.333. The second-order valence-electron chi connectivity index (χ2n) is 7.12. The molecule has 2 aromatic heterocycles. The topological polar surface area (TPSA) is 110 Å². The molecule has 0 saturated carbocycles. The molecule has 1 aliphatic rings. The number of carbonyl (C=O) groups is 2. The van der Waals surface area contributed by atoms with E-state index in [0.29, 0.717) is 20.0 Å². The van der Waals surface area contributed by atoms with E-state index < -0.39 is 0 Å². The molecule has 168 valence electrons. The van der Waals surface area contributed by atoms with Crippen LogP contribution < -0.4 is 11.1 Å². The minimum Gasteiger partial charge on any atom is -0.462 e. The Morgan fingerprint density at radius 2 is 2.06 bits per heavy atom. The zero-order chi connectivity index (χ0) is 22.5. The van der Waals surface area contributed by atoms with Gasteiger partial charge in [0.15, 0.2) is 4.34 Å². The van der Waals surface area contributed by atoms with E-state index in [9.17, 15) is 9.59 Å². The minimum atomic E-state index is -0.388. The molecule has 0 unspecified atom stereocenters. The van der Waals surface area contributed by atoms with Gasteiger partial charge in [-0.25, -0.2) is 4.79 Å². The number of aromatic nitrogens is 2. The number of nitrogen functional groups attached to an aromatic ring is 1. The summed E-state index contributed by atoms with van der Waals surface area (Å²) in [6.45, 7) is 4.48. The normalized spacial score (nSPS) is 13.5. The maximum absolute atomic E-state index is 12.7. The first-order valence-corrected chi connectivity index (χ1v) is 12.7. The molecule has 1 aromatic carbocycles. The van der Waals surface area contributed by atoms with Crippen LogP contribution in [0, 0.1) is 0 Å². The van der Waals surface area contributed by atoms with E-state index in [1.165, 1.54) is 40.0 Å². The number of anilines is 2. The van der Waals surface area contributed by atoms with Crippen molar-refractivity contribution in [3.8, 4) is 0 Å². The monoisotopic (exact) mass is 489 g/mol. The maximum atomic E-state index is 12.7. The second kappa shape index (κ2) is 10.4. The summed E-state index contributed by atoms with van der Waals surface area (Å²) in [6.07, 6.45) is 0.738. The molecular formula is C21H23N5O3S3. The molecule has 3 N–H and O–H groups in total. The first-order valence-electron chi connectivity index (χ1n) is 10.1.